The number of anilines is 1. The summed E-state index contributed by atoms with van der Waals surface area (Å²) < 4.78 is 5.36. The standard InChI is InChI=1S/C11H17ClN2OS/c1-14(7-9-2-4-15-5-3-9)11-13-10(6-12)8-16-11/h8-9H,2-7H2,1H3. The molecule has 16 heavy (non-hydrogen) atoms. The average Bonchev–Trinajstić information content (AvgIpc) is 2.79. The van der Waals surface area contributed by atoms with E-state index < -0.39 is 0 Å². The molecule has 1 aliphatic heterocycles. The second-order valence-corrected chi connectivity index (χ2v) is 5.30. The van der Waals surface area contributed by atoms with E-state index in [1.54, 1.807) is 11.3 Å². The molecule has 2 heterocycles. The lowest BCUT2D eigenvalue weighted by Gasteiger charge is -2.26. The average molecular weight is 261 g/mol. The summed E-state index contributed by atoms with van der Waals surface area (Å²) in [5.41, 5.74) is 0.973. The Bertz CT molecular complexity index is 326. The summed E-state index contributed by atoms with van der Waals surface area (Å²) in [5.74, 6) is 1.24. The Balaban J connectivity index is 1.88. The van der Waals surface area contributed by atoms with Gasteiger partial charge < -0.3 is 9.64 Å². The van der Waals surface area contributed by atoms with Crippen LogP contribution in [0.5, 0.6) is 0 Å². The molecule has 0 amide bonds. The van der Waals surface area contributed by atoms with Crippen LogP contribution in [0.3, 0.4) is 0 Å². The van der Waals surface area contributed by atoms with Gasteiger partial charge in [-0.3, -0.25) is 0 Å². The smallest absolute Gasteiger partial charge is 0.185 e. The van der Waals surface area contributed by atoms with Gasteiger partial charge in [0, 0.05) is 32.2 Å². The molecule has 1 fully saturated rings. The lowest BCUT2D eigenvalue weighted by molar-refractivity contribution is 0.0685. The number of thiazole rings is 1. The SMILES string of the molecule is CN(CC1CCOCC1)c1nc(CCl)cs1. The molecule has 0 radical (unpaired) electrons. The molecule has 0 unspecified atom stereocenters. The number of aromatic nitrogens is 1. The summed E-state index contributed by atoms with van der Waals surface area (Å²) in [6.07, 6.45) is 2.33. The van der Waals surface area contributed by atoms with Gasteiger partial charge in [0.15, 0.2) is 5.13 Å². The summed E-state index contributed by atoms with van der Waals surface area (Å²) in [7, 11) is 2.10. The summed E-state index contributed by atoms with van der Waals surface area (Å²) >= 11 is 7.42. The molecule has 5 heteroatoms. The van der Waals surface area contributed by atoms with Crippen molar-refractivity contribution in [3.05, 3.63) is 11.1 Å². The molecule has 1 saturated heterocycles. The molecular weight excluding hydrogens is 244 g/mol. The molecule has 0 N–H and O–H groups in total. The zero-order chi connectivity index (χ0) is 11.4. The topological polar surface area (TPSA) is 25.4 Å². The maximum atomic E-state index is 5.75. The first-order chi connectivity index (χ1) is 7.79. The van der Waals surface area contributed by atoms with E-state index in [0.717, 1.165) is 49.3 Å². The minimum absolute atomic E-state index is 0.502. The molecule has 0 saturated carbocycles. The Morgan fingerprint density at radius 2 is 2.31 bits per heavy atom. The van der Waals surface area contributed by atoms with Gasteiger partial charge in [0.05, 0.1) is 11.6 Å². The molecule has 90 valence electrons. The molecule has 0 spiro atoms. The van der Waals surface area contributed by atoms with Crippen molar-refractivity contribution in [1.29, 1.82) is 0 Å². The molecule has 3 nitrogen and oxygen atoms in total. The van der Waals surface area contributed by atoms with Crippen LogP contribution in [0, 0.1) is 5.92 Å². The molecular formula is C11H17ClN2OS. The Hall–Kier alpha value is -0.320. The van der Waals surface area contributed by atoms with Crippen LogP contribution >= 0.6 is 22.9 Å². The Labute approximate surface area is 105 Å². The normalized spacial score (nSPS) is 17.6. The van der Waals surface area contributed by atoms with Gasteiger partial charge in [0.2, 0.25) is 0 Å². The van der Waals surface area contributed by atoms with Crippen LogP contribution in [0.2, 0.25) is 0 Å². The van der Waals surface area contributed by atoms with E-state index in [9.17, 15) is 0 Å². The zero-order valence-electron chi connectivity index (χ0n) is 9.49. The maximum absolute atomic E-state index is 5.75. The number of alkyl halides is 1. The van der Waals surface area contributed by atoms with Gasteiger partial charge in [0.1, 0.15) is 0 Å². The molecule has 2 rings (SSSR count). The van der Waals surface area contributed by atoms with Crippen LogP contribution in [0.1, 0.15) is 18.5 Å². The second-order valence-electron chi connectivity index (χ2n) is 4.19. The predicted octanol–water partition coefficient (Wildman–Crippen LogP) is 2.74. The molecule has 1 aromatic heterocycles. The Morgan fingerprint density at radius 1 is 1.56 bits per heavy atom. The molecule has 0 bridgehead atoms. The largest absolute Gasteiger partial charge is 0.381 e. The monoisotopic (exact) mass is 260 g/mol. The van der Waals surface area contributed by atoms with Crippen LogP contribution < -0.4 is 4.90 Å². The first-order valence-corrected chi connectivity index (χ1v) is 7.00. The highest BCUT2D eigenvalue weighted by atomic mass is 35.5. The fourth-order valence-corrected chi connectivity index (χ4v) is 2.96. The van der Waals surface area contributed by atoms with Gasteiger partial charge in [-0.15, -0.1) is 22.9 Å². The van der Waals surface area contributed by atoms with Crippen LogP contribution in [-0.2, 0) is 10.6 Å². The molecule has 0 atom stereocenters. The lowest BCUT2D eigenvalue weighted by atomic mass is 10.0. The fraction of sp³-hybridized carbons (Fsp3) is 0.727. The highest BCUT2D eigenvalue weighted by Gasteiger charge is 2.17. The van der Waals surface area contributed by atoms with Crippen LogP contribution in [-0.4, -0.2) is 31.8 Å². The number of ether oxygens (including phenoxy) is 1. The number of rotatable bonds is 4. The Kier molecular flexibility index (Phi) is 4.44. The molecule has 0 aromatic carbocycles. The zero-order valence-corrected chi connectivity index (χ0v) is 11.1. The molecule has 1 aromatic rings. The number of hydrogen-bond donors (Lipinski definition) is 0. The van der Waals surface area contributed by atoms with E-state index in [4.69, 9.17) is 16.3 Å². The molecule has 1 aliphatic rings. The van der Waals surface area contributed by atoms with Gasteiger partial charge in [-0.05, 0) is 18.8 Å². The summed E-state index contributed by atoms with van der Waals surface area (Å²) in [6.45, 7) is 2.88. The van der Waals surface area contributed by atoms with Crippen molar-refractivity contribution in [2.24, 2.45) is 5.92 Å². The second kappa shape index (κ2) is 5.84. The van der Waals surface area contributed by atoms with Gasteiger partial charge in [-0.2, -0.15) is 0 Å². The summed E-state index contributed by atoms with van der Waals surface area (Å²) in [5, 5.41) is 3.10. The number of hydrogen-bond acceptors (Lipinski definition) is 4. The number of halogens is 1. The van der Waals surface area contributed by atoms with E-state index in [0.29, 0.717) is 5.88 Å². The van der Waals surface area contributed by atoms with Crippen molar-refractivity contribution < 1.29 is 4.74 Å². The van der Waals surface area contributed by atoms with E-state index in [1.165, 1.54) is 0 Å². The minimum Gasteiger partial charge on any atom is -0.381 e. The van der Waals surface area contributed by atoms with Crippen molar-refractivity contribution >= 4 is 28.1 Å². The van der Waals surface area contributed by atoms with Crippen molar-refractivity contribution in [2.75, 3.05) is 31.7 Å². The van der Waals surface area contributed by atoms with E-state index in [2.05, 4.69) is 16.9 Å². The van der Waals surface area contributed by atoms with Crippen molar-refractivity contribution in [2.45, 2.75) is 18.7 Å². The minimum atomic E-state index is 0.502. The summed E-state index contributed by atoms with van der Waals surface area (Å²) in [6, 6.07) is 0. The predicted molar refractivity (Wildman–Crippen MR) is 68.5 cm³/mol. The highest BCUT2D eigenvalue weighted by Crippen LogP contribution is 2.23. The summed E-state index contributed by atoms with van der Waals surface area (Å²) in [4.78, 5) is 6.71. The third kappa shape index (κ3) is 3.09. The highest BCUT2D eigenvalue weighted by molar-refractivity contribution is 7.13. The number of nitrogens with zero attached hydrogens (tertiary/aromatic N) is 2. The van der Waals surface area contributed by atoms with E-state index >= 15 is 0 Å². The van der Waals surface area contributed by atoms with Crippen molar-refractivity contribution in [1.82, 2.24) is 4.98 Å². The lowest BCUT2D eigenvalue weighted by Crippen LogP contribution is -2.29. The third-order valence-electron chi connectivity index (χ3n) is 2.88. The first kappa shape index (κ1) is 12.1. The van der Waals surface area contributed by atoms with E-state index in [-0.39, 0.29) is 0 Å². The van der Waals surface area contributed by atoms with Gasteiger partial charge in [-0.25, -0.2) is 4.98 Å². The third-order valence-corrected chi connectivity index (χ3v) is 4.15. The van der Waals surface area contributed by atoms with Crippen molar-refractivity contribution in [3.8, 4) is 0 Å². The van der Waals surface area contributed by atoms with Gasteiger partial charge in [0.25, 0.3) is 0 Å². The maximum Gasteiger partial charge on any atom is 0.185 e. The van der Waals surface area contributed by atoms with E-state index in [1.807, 2.05) is 5.38 Å². The van der Waals surface area contributed by atoms with Crippen LogP contribution in [0.25, 0.3) is 0 Å². The fourth-order valence-electron chi connectivity index (χ4n) is 1.93. The van der Waals surface area contributed by atoms with Gasteiger partial charge in [-0.1, -0.05) is 0 Å². The van der Waals surface area contributed by atoms with Crippen LogP contribution in [0.15, 0.2) is 5.38 Å². The molecule has 0 aliphatic carbocycles. The van der Waals surface area contributed by atoms with Gasteiger partial charge >= 0.3 is 0 Å². The van der Waals surface area contributed by atoms with Crippen molar-refractivity contribution in [3.63, 3.8) is 0 Å². The quantitative estimate of drug-likeness (QED) is 0.779. The Morgan fingerprint density at radius 3 is 2.94 bits per heavy atom. The van der Waals surface area contributed by atoms with Crippen LogP contribution in [0.4, 0.5) is 5.13 Å². The first-order valence-electron chi connectivity index (χ1n) is 5.59.